The SMILES string of the molecule is CC(=O)c1cccc(-c2cnc3c(NC=O)cc(-c4cccc(C(=O)N(C)C)c4)cn23)c1. The fourth-order valence-electron chi connectivity index (χ4n) is 3.62. The van der Waals surface area contributed by atoms with Crippen LogP contribution in [0.5, 0.6) is 0 Å². The maximum atomic E-state index is 12.4. The van der Waals surface area contributed by atoms with Crippen molar-refractivity contribution in [2.45, 2.75) is 6.92 Å². The Hall–Kier alpha value is -4.26. The molecule has 0 fully saturated rings. The van der Waals surface area contributed by atoms with Gasteiger partial charge in [0, 0.05) is 42.5 Å². The molecule has 2 heterocycles. The van der Waals surface area contributed by atoms with Crippen molar-refractivity contribution < 1.29 is 14.4 Å². The van der Waals surface area contributed by atoms with Gasteiger partial charge in [-0.05, 0) is 36.8 Å². The quantitative estimate of drug-likeness (QED) is 0.371. The van der Waals surface area contributed by atoms with E-state index in [4.69, 9.17) is 0 Å². The fourth-order valence-corrected chi connectivity index (χ4v) is 3.62. The molecule has 32 heavy (non-hydrogen) atoms. The summed E-state index contributed by atoms with van der Waals surface area (Å²) in [5.41, 5.74) is 5.52. The summed E-state index contributed by atoms with van der Waals surface area (Å²) in [6, 6.07) is 16.5. The van der Waals surface area contributed by atoms with Crippen LogP contribution in [-0.4, -0.2) is 46.5 Å². The third-order valence-corrected chi connectivity index (χ3v) is 5.23. The molecule has 160 valence electrons. The molecule has 2 aromatic heterocycles. The Bertz CT molecular complexity index is 1350. The van der Waals surface area contributed by atoms with E-state index in [-0.39, 0.29) is 11.7 Å². The lowest BCUT2D eigenvalue weighted by atomic mass is 10.0. The van der Waals surface area contributed by atoms with Crippen molar-refractivity contribution in [3.63, 3.8) is 0 Å². The van der Waals surface area contributed by atoms with Crippen LogP contribution in [0.4, 0.5) is 5.69 Å². The number of nitrogens with zero attached hydrogens (tertiary/aromatic N) is 3. The Morgan fingerprint density at radius 3 is 2.34 bits per heavy atom. The van der Waals surface area contributed by atoms with Gasteiger partial charge in [-0.1, -0.05) is 30.3 Å². The smallest absolute Gasteiger partial charge is 0.253 e. The molecular weight excluding hydrogens is 404 g/mol. The minimum atomic E-state index is -0.0939. The Kier molecular flexibility index (Phi) is 5.55. The van der Waals surface area contributed by atoms with Gasteiger partial charge in [0.2, 0.25) is 6.41 Å². The van der Waals surface area contributed by atoms with E-state index in [1.807, 2.05) is 53.1 Å². The van der Waals surface area contributed by atoms with Crippen molar-refractivity contribution in [2.75, 3.05) is 19.4 Å². The Balaban J connectivity index is 1.91. The highest BCUT2D eigenvalue weighted by molar-refractivity contribution is 5.96. The molecule has 0 radical (unpaired) electrons. The molecule has 0 aliphatic rings. The molecule has 0 saturated carbocycles. The molecule has 7 heteroatoms. The molecule has 0 bridgehead atoms. The summed E-state index contributed by atoms with van der Waals surface area (Å²) in [6.45, 7) is 1.53. The number of carbonyl (C=O) groups excluding carboxylic acids is 3. The van der Waals surface area contributed by atoms with Gasteiger partial charge in [0.15, 0.2) is 11.4 Å². The molecule has 0 spiro atoms. The molecule has 4 aromatic rings. The molecular formula is C25H22N4O3. The number of hydrogen-bond acceptors (Lipinski definition) is 4. The van der Waals surface area contributed by atoms with Crippen LogP contribution in [-0.2, 0) is 4.79 Å². The number of aromatic nitrogens is 2. The van der Waals surface area contributed by atoms with Gasteiger partial charge in [0.05, 0.1) is 17.6 Å². The minimum Gasteiger partial charge on any atom is -0.345 e. The van der Waals surface area contributed by atoms with Gasteiger partial charge in [-0.15, -0.1) is 0 Å². The number of Topliss-reactive ketones (excluding diaryl/α,β-unsaturated/α-hetero) is 1. The summed E-state index contributed by atoms with van der Waals surface area (Å²) in [5, 5.41) is 2.72. The number of fused-ring (bicyclic) bond motifs is 1. The fraction of sp³-hybridized carbons (Fsp3) is 0.120. The normalized spacial score (nSPS) is 10.7. The first-order valence-corrected chi connectivity index (χ1v) is 10.0. The molecule has 2 amide bonds. The van der Waals surface area contributed by atoms with Crippen molar-refractivity contribution in [3.05, 3.63) is 78.1 Å². The summed E-state index contributed by atoms with van der Waals surface area (Å²) in [5.74, 6) is -0.115. The largest absolute Gasteiger partial charge is 0.345 e. The van der Waals surface area contributed by atoms with E-state index in [0.717, 1.165) is 22.4 Å². The van der Waals surface area contributed by atoms with Gasteiger partial charge in [-0.3, -0.25) is 18.8 Å². The molecule has 2 aromatic carbocycles. The zero-order valence-corrected chi connectivity index (χ0v) is 18.0. The van der Waals surface area contributed by atoms with Crippen molar-refractivity contribution in [3.8, 4) is 22.4 Å². The summed E-state index contributed by atoms with van der Waals surface area (Å²) < 4.78 is 1.88. The van der Waals surface area contributed by atoms with Crippen LogP contribution in [0, 0.1) is 0 Å². The number of anilines is 1. The van der Waals surface area contributed by atoms with Crippen LogP contribution < -0.4 is 5.32 Å². The predicted molar refractivity (Wildman–Crippen MR) is 124 cm³/mol. The van der Waals surface area contributed by atoms with Crippen LogP contribution >= 0.6 is 0 Å². The maximum Gasteiger partial charge on any atom is 0.253 e. The third-order valence-electron chi connectivity index (χ3n) is 5.23. The monoisotopic (exact) mass is 426 g/mol. The molecule has 0 saturated heterocycles. The number of imidazole rings is 1. The number of pyridine rings is 1. The first-order valence-electron chi connectivity index (χ1n) is 10.0. The summed E-state index contributed by atoms with van der Waals surface area (Å²) >= 11 is 0. The van der Waals surface area contributed by atoms with E-state index in [2.05, 4.69) is 10.3 Å². The van der Waals surface area contributed by atoms with Crippen molar-refractivity contribution in [1.29, 1.82) is 0 Å². The second-order valence-corrected chi connectivity index (χ2v) is 7.66. The summed E-state index contributed by atoms with van der Waals surface area (Å²) in [4.78, 5) is 41.5. The highest BCUT2D eigenvalue weighted by Crippen LogP contribution is 2.31. The number of nitrogens with one attached hydrogen (secondary N) is 1. The van der Waals surface area contributed by atoms with Crippen molar-refractivity contribution >= 4 is 29.4 Å². The average molecular weight is 426 g/mol. The van der Waals surface area contributed by atoms with Gasteiger partial charge in [-0.2, -0.15) is 0 Å². The van der Waals surface area contributed by atoms with Crippen molar-refractivity contribution in [2.24, 2.45) is 0 Å². The lowest BCUT2D eigenvalue weighted by molar-refractivity contribution is -0.105. The second-order valence-electron chi connectivity index (χ2n) is 7.66. The number of hydrogen-bond donors (Lipinski definition) is 1. The van der Waals surface area contributed by atoms with Crippen LogP contribution in [0.3, 0.4) is 0 Å². The zero-order chi connectivity index (χ0) is 22.8. The molecule has 1 N–H and O–H groups in total. The number of benzene rings is 2. The number of carbonyl (C=O) groups is 3. The highest BCUT2D eigenvalue weighted by atomic mass is 16.2. The molecule has 0 unspecified atom stereocenters. The Morgan fingerprint density at radius 1 is 0.969 bits per heavy atom. The summed E-state index contributed by atoms with van der Waals surface area (Å²) in [7, 11) is 3.42. The standard InChI is InChI=1S/C25H22N4O3/c1-16(31)17-6-4-8-19(10-17)23-13-26-24-22(27-15-30)12-21(14-29(23)24)18-7-5-9-20(11-18)25(32)28(2)3/h4-15H,1-3H3,(H,27,30). The second kappa shape index (κ2) is 8.47. The van der Waals surface area contributed by atoms with Gasteiger partial charge < -0.3 is 10.2 Å². The average Bonchev–Trinajstić information content (AvgIpc) is 3.23. The van der Waals surface area contributed by atoms with Gasteiger partial charge in [-0.25, -0.2) is 4.98 Å². The van der Waals surface area contributed by atoms with Crippen molar-refractivity contribution in [1.82, 2.24) is 14.3 Å². The van der Waals surface area contributed by atoms with E-state index in [1.165, 1.54) is 11.8 Å². The molecule has 7 nitrogen and oxygen atoms in total. The van der Waals surface area contributed by atoms with E-state index in [1.54, 1.807) is 32.4 Å². The predicted octanol–water partition coefficient (Wildman–Crippen LogP) is 4.14. The Morgan fingerprint density at radius 2 is 1.66 bits per heavy atom. The highest BCUT2D eigenvalue weighted by Gasteiger charge is 2.15. The molecule has 4 rings (SSSR count). The molecule has 0 atom stereocenters. The first kappa shape index (κ1) is 21.0. The summed E-state index contributed by atoms with van der Waals surface area (Å²) in [6.07, 6.45) is 4.23. The van der Waals surface area contributed by atoms with Crippen LogP contribution in [0.15, 0.2) is 67.0 Å². The minimum absolute atomic E-state index is 0.0213. The van der Waals surface area contributed by atoms with E-state index < -0.39 is 0 Å². The van der Waals surface area contributed by atoms with E-state index >= 15 is 0 Å². The number of ketones is 1. The van der Waals surface area contributed by atoms with E-state index in [9.17, 15) is 14.4 Å². The lowest BCUT2D eigenvalue weighted by Crippen LogP contribution is -2.21. The van der Waals surface area contributed by atoms with Crippen LogP contribution in [0.2, 0.25) is 0 Å². The Labute approximate surface area is 185 Å². The lowest BCUT2D eigenvalue weighted by Gasteiger charge is -2.13. The van der Waals surface area contributed by atoms with Gasteiger partial charge >= 0.3 is 0 Å². The maximum absolute atomic E-state index is 12.4. The zero-order valence-electron chi connectivity index (χ0n) is 18.0. The topological polar surface area (TPSA) is 83.8 Å². The third kappa shape index (κ3) is 3.88. The first-order chi connectivity index (χ1) is 15.4. The molecule has 0 aliphatic heterocycles. The van der Waals surface area contributed by atoms with Gasteiger partial charge in [0.1, 0.15) is 0 Å². The van der Waals surface area contributed by atoms with Gasteiger partial charge in [0.25, 0.3) is 5.91 Å². The number of amides is 2. The molecule has 0 aliphatic carbocycles. The van der Waals surface area contributed by atoms with Crippen LogP contribution in [0.1, 0.15) is 27.6 Å². The van der Waals surface area contributed by atoms with Crippen LogP contribution in [0.25, 0.3) is 28.0 Å². The van der Waals surface area contributed by atoms with E-state index in [0.29, 0.717) is 28.9 Å². The number of rotatable bonds is 6.